The van der Waals surface area contributed by atoms with Crippen molar-refractivity contribution >= 4 is 17.8 Å². The largest absolute Gasteiger partial charge is 0.328 e. The Bertz CT molecular complexity index is 412. The van der Waals surface area contributed by atoms with Gasteiger partial charge in [-0.05, 0) is 31.4 Å². The number of carbonyl (C=O) groups excluding carboxylic acids is 3. The molecule has 0 saturated carbocycles. The fourth-order valence-electron chi connectivity index (χ4n) is 1.98. The quantitative estimate of drug-likeness (QED) is 0.468. The van der Waals surface area contributed by atoms with Crippen LogP contribution in [0.25, 0.3) is 0 Å². The number of urea groups is 1. The van der Waals surface area contributed by atoms with Crippen LogP contribution >= 0.6 is 0 Å². The van der Waals surface area contributed by atoms with Crippen LogP contribution in [0.3, 0.4) is 0 Å². The highest BCUT2D eigenvalue weighted by molar-refractivity contribution is 6.28. The Morgan fingerprint density at radius 2 is 1.83 bits per heavy atom. The van der Waals surface area contributed by atoms with Crippen LogP contribution in [0.15, 0.2) is 23.8 Å². The second-order valence-electron chi connectivity index (χ2n) is 4.31. The summed E-state index contributed by atoms with van der Waals surface area (Å²) < 4.78 is 0. The molecule has 1 unspecified atom stereocenters. The van der Waals surface area contributed by atoms with Crippen LogP contribution in [0.2, 0.25) is 0 Å². The summed E-state index contributed by atoms with van der Waals surface area (Å²) in [6, 6.07) is -0.775. The molecule has 2 aliphatic heterocycles. The number of allylic oxidation sites excluding steroid dienone is 2. The van der Waals surface area contributed by atoms with E-state index in [9.17, 15) is 14.4 Å². The summed E-state index contributed by atoms with van der Waals surface area (Å²) in [5, 5.41) is 7.32. The van der Waals surface area contributed by atoms with E-state index in [4.69, 9.17) is 0 Å². The predicted octanol–water partition coefficient (Wildman–Crippen LogP) is -0.165. The molecule has 2 rings (SSSR count). The second-order valence-corrected chi connectivity index (χ2v) is 4.31. The highest BCUT2D eigenvalue weighted by atomic mass is 16.2. The van der Waals surface area contributed by atoms with E-state index in [-0.39, 0.29) is 5.57 Å². The minimum absolute atomic E-state index is 0.0466. The van der Waals surface area contributed by atoms with Crippen LogP contribution in [0.5, 0.6) is 0 Å². The highest BCUT2D eigenvalue weighted by Gasteiger charge is 2.26. The number of rotatable bonds is 2. The van der Waals surface area contributed by atoms with Crippen molar-refractivity contribution in [2.45, 2.75) is 12.8 Å². The molecule has 0 radical (unpaired) electrons. The van der Waals surface area contributed by atoms with Gasteiger partial charge in [0.1, 0.15) is 5.57 Å². The minimum Gasteiger partial charge on any atom is -0.316 e. The van der Waals surface area contributed by atoms with Crippen LogP contribution in [-0.2, 0) is 9.59 Å². The van der Waals surface area contributed by atoms with Crippen LogP contribution in [0, 0.1) is 5.92 Å². The normalized spacial score (nSPS) is 25.0. The summed E-state index contributed by atoms with van der Waals surface area (Å²) >= 11 is 0. The number of carbonyl (C=O) groups is 3. The monoisotopic (exact) mass is 249 g/mol. The van der Waals surface area contributed by atoms with E-state index in [2.05, 4.69) is 5.32 Å². The lowest BCUT2D eigenvalue weighted by molar-refractivity contribution is -0.124. The second kappa shape index (κ2) is 5.59. The Labute approximate surface area is 104 Å². The molecule has 3 N–H and O–H groups in total. The van der Waals surface area contributed by atoms with Gasteiger partial charge in [-0.3, -0.25) is 20.2 Å². The average Bonchev–Trinajstić information content (AvgIpc) is 2.34. The van der Waals surface area contributed by atoms with Gasteiger partial charge in [0.25, 0.3) is 11.8 Å². The molecule has 2 fully saturated rings. The summed E-state index contributed by atoms with van der Waals surface area (Å²) in [5.74, 6) is -0.891. The molecular weight excluding hydrogens is 234 g/mol. The smallest absolute Gasteiger partial charge is 0.316 e. The fourth-order valence-corrected chi connectivity index (χ4v) is 1.98. The van der Waals surface area contributed by atoms with Gasteiger partial charge >= 0.3 is 6.03 Å². The molecule has 96 valence electrons. The Morgan fingerprint density at radius 1 is 1.11 bits per heavy atom. The number of imide groups is 2. The first-order chi connectivity index (χ1) is 8.66. The molecule has 2 aliphatic rings. The fraction of sp³-hybridized carbons (Fsp3) is 0.417. The van der Waals surface area contributed by atoms with Gasteiger partial charge in [0.05, 0.1) is 0 Å². The molecule has 0 aliphatic carbocycles. The third kappa shape index (κ3) is 3.04. The third-order valence-electron chi connectivity index (χ3n) is 2.92. The standard InChI is InChI=1S/C12H15N3O3/c16-10-9(11(17)15-12(18)14-10)5-1-3-8-4-2-6-13-7-8/h1,3,5,8,13H,2,4,6-7H2,(H2,14,15,16,17,18). The molecule has 6 heteroatoms. The van der Waals surface area contributed by atoms with E-state index in [0.717, 1.165) is 25.9 Å². The van der Waals surface area contributed by atoms with Crippen molar-refractivity contribution in [2.75, 3.05) is 13.1 Å². The Hall–Kier alpha value is -1.95. The zero-order valence-electron chi connectivity index (χ0n) is 9.86. The molecule has 6 nitrogen and oxygen atoms in total. The topological polar surface area (TPSA) is 87.3 Å². The van der Waals surface area contributed by atoms with E-state index in [1.807, 2.05) is 16.7 Å². The van der Waals surface area contributed by atoms with Gasteiger partial charge in [-0.1, -0.05) is 12.2 Å². The van der Waals surface area contributed by atoms with Crippen LogP contribution in [-0.4, -0.2) is 30.9 Å². The SMILES string of the molecule is O=C1NC(=O)C(=CC=CC2CCCNC2)C(=O)N1. The van der Waals surface area contributed by atoms with Crippen LogP contribution in [0.1, 0.15) is 12.8 Å². The Morgan fingerprint density at radius 3 is 2.44 bits per heavy atom. The lowest BCUT2D eigenvalue weighted by atomic mass is 9.99. The van der Waals surface area contributed by atoms with Crippen molar-refractivity contribution in [1.29, 1.82) is 0 Å². The highest BCUT2D eigenvalue weighted by Crippen LogP contribution is 2.11. The molecule has 0 aromatic carbocycles. The maximum Gasteiger partial charge on any atom is 0.328 e. The number of piperidine rings is 1. The number of hydrogen-bond acceptors (Lipinski definition) is 4. The van der Waals surface area contributed by atoms with Gasteiger partial charge in [0.15, 0.2) is 0 Å². The van der Waals surface area contributed by atoms with Gasteiger partial charge < -0.3 is 5.32 Å². The molecule has 18 heavy (non-hydrogen) atoms. The zero-order chi connectivity index (χ0) is 13.0. The third-order valence-corrected chi connectivity index (χ3v) is 2.92. The summed E-state index contributed by atoms with van der Waals surface area (Å²) in [7, 11) is 0. The Balaban J connectivity index is 1.99. The molecular formula is C12H15N3O3. The molecule has 2 saturated heterocycles. The van der Waals surface area contributed by atoms with Crippen molar-refractivity contribution in [3.63, 3.8) is 0 Å². The number of hydrogen-bond donors (Lipinski definition) is 3. The van der Waals surface area contributed by atoms with Gasteiger partial charge in [-0.15, -0.1) is 0 Å². The van der Waals surface area contributed by atoms with Gasteiger partial charge in [-0.25, -0.2) is 4.79 Å². The maximum atomic E-state index is 11.4. The van der Waals surface area contributed by atoms with Gasteiger partial charge in [-0.2, -0.15) is 0 Å². The van der Waals surface area contributed by atoms with Gasteiger partial charge in [0.2, 0.25) is 0 Å². The maximum absolute atomic E-state index is 11.4. The van der Waals surface area contributed by atoms with Crippen LogP contribution < -0.4 is 16.0 Å². The van der Waals surface area contributed by atoms with E-state index in [1.54, 1.807) is 6.08 Å². The van der Waals surface area contributed by atoms with Crippen molar-refractivity contribution in [2.24, 2.45) is 5.92 Å². The first-order valence-corrected chi connectivity index (χ1v) is 5.92. The predicted molar refractivity (Wildman–Crippen MR) is 64.5 cm³/mol. The number of amides is 4. The molecule has 0 aromatic heterocycles. The zero-order valence-corrected chi connectivity index (χ0v) is 9.86. The summed E-state index contributed by atoms with van der Waals surface area (Å²) in [6.07, 6.45) is 7.33. The number of barbiturate groups is 1. The number of nitrogens with one attached hydrogen (secondary N) is 3. The lowest BCUT2D eigenvalue weighted by Crippen LogP contribution is -2.51. The molecule has 2 heterocycles. The summed E-state index contributed by atoms with van der Waals surface area (Å²) in [4.78, 5) is 33.6. The first-order valence-electron chi connectivity index (χ1n) is 5.92. The summed E-state index contributed by atoms with van der Waals surface area (Å²) in [5.41, 5.74) is -0.0466. The molecule has 1 atom stereocenters. The van der Waals surface area contributed by atoms with Crippen LogP contribution in [0.4, 0.5) is 4.79 Å². The lowest BCUT2D eigenvalue weighted by Gasteiger charge is -2.19. The first kappa shape index (κ1) is 12.5. The van der Waals surface area contributed by atoms with E-state index in [0.29, 0.717) is 5.92 Å². The van der Waals surface area contributed by atoms with Crippen molar-refractivity contribution in [3.05, 3.63) is 23.8 Å². The molecule has 0 spiro atoms. The van der Waals surface area contributed by atoms with Gasteiger partial charge in [0, 0.05) is 6.54 Å². The molecule has 0 bridgehead atoms. The minimum atomic E-state index is -0.775. The van der Waals surface area contributed by atoms with E-state index in [1.165, 1.54) is 6.08 Å². The van der Waals surface area contributed by atoms with E-state index >= 15 is 0 Å². The van der Waals surface area contributed by atoms with Crippen molar-refractivity contribution < 1.29 is 14.4 Å². The Kier molecular flexibility index (Phi) is 3.88. The summed E-state index contributed by atoms with van der Waals surface area (Å²) in [6.45, 7) is 1.95. The molecule has 4 amide bonds. The average molecular weight is 249 g/mol. The van der Waals surface area contributed by atoms with Crippen molar-refractivity contribution in [3.8, 4) is 0 Å². The van der Waals surface area contributed by atoms with E-state index < -0.39 is 17.8 Å². The van der Waals surface area contributed by atoms with Crippen molar-refractivity contribution in [1.82, 2.24) is 16.0 Å². The molecule has 0 aromatic rings.